The SMILES string of the molecule is CC(=O)CO[C@H]1CC[C@@]2(C)C(=CCC3C2CC[C@@]2(C)C3CC[C@@H]2CCCCC(C)C)C1. The topological polar surface area (TPSA) is 26.3 Å². The zero-order valence-electron chi connectivity index (χ0n) is 21.1. The average Bonchev–Trinajstić information content (AvgIpc) is 3.05. The van der Waals surface area contributed by atoms with Gasteiger partial charge in [0, 0.05) is 0 Å². The van der Waals surface area contributed by atoms with Gasteiger partial charge >= 0.3 is 0 Å². The van der Waals surface area contributed by atoms with E-state index in [1.54, 1.807) is 12.5 Å². The fraction of sp³-hybridized carbons (Fsp3) is 0.897. The molecule has 4 aliphatic rings. The van der Waals surface area contributed by atoms with Crippen LogP contribution in [0.2, 0.25) is 0 Å². The summed E-state index contributed by atoms with van der Waals surface area (Å²) in [5.74, 6) is 4.70. The van der Waals surface area contributed by atoms with Crippen LogP contribution in [0.25, 0.3) is 0 Å². The van der Waals surface area contributed by atoms with E-state index in [9.17, 15) is 4.79 Å². The van der Waals surface area contributed by atoms with Gasteiger partial charge in [0.2, 0.25) is 0 Å². The van der Waals surface area contributed by atoms with Gasteiger partial charge in [0.05, 0.1) is 6.10 Å². The maximum Gasteiger partial charge on any atom is 0.155 e. The lowest BCUT2D eigenvalue weighted by Crippen LogP contribution is -2.50. The number of carbonyl (C=O) groups excluding carboxylic acids is 1. The molecule has 4 rings (SSSR count). The fourth-order valence-corrected chi connectivity index (χ4v) is 8.53. The number of hydrogen-bond acceptors (Lipinski definition) is 2. The second-order valence-corrected chi connectivity index (χ2v) is 12.6. The molecule has 0 N–H and O–H groups in total. The van der Waals surface area contributed by atoms with Crippen molar-refractivity contribution in [2.24, 2.45) is 40.4 Å². The highest BCUT2D eigenvalue weighted by molar-refractivity contribution is 5.76. The van der Waals surface area contributed by atoms with Crippen molar-refractivity contribution in [3.63, 3.8) is 0 Å². The van der Waals surface area contributed by atoms with Gasteiger partial charge in [-0.15, -0.1) is 0 Å². The number of carbonyl (C=O) groups is 1. The van der Waals surface area contributed by atoms with Gasteiger partial charge in [0.1, 0.15) is 6.61 Å². The lowest BCUT2D eigenvalue weighted by Gasteiger charge is -2.58. The molecular weight excluding hydrogens is 380 g/mol. The Kier molecular flexibility index (Phi) is 7.07. The smallest absolute Gasteiger partial charge is 0.155 e. The van der Waals surface area contributed by atoms with Crippen molar-refractivity contribution >= 4 is 5.78 Å². The van der Waals surface area contributed by atoms with E-state index in [1.165, 1.54) is 64.2 Å². The molecule has 7 atom stereocenters. The van der Waals surface area contributed by atoms with Crippen LogP contribution < -0.4 is 0 Å². The van der Waals surface area contributed by atoms with E-state index in [0.29, 0.717) is 17.4 Å². The molecule has 176 valence electrons. The number of allylic oxidation sites excluding steroid dienone is 1. The predicted octanol–water partition coefficient (Wildman–Crippen LogP) is 7.76. The molecule has 0 saturated heterocycles. The third-order valence-electron chi connectivity index (χ3n) is 10.4. The van der Waals surface area contributed by atoms with Gasteiger partial charge in [-0.3, -0.25) is 4.79 Å². The number of hydrogen-bond donors (Lipinski definition) is 0. The highest BCUT2D eigenvalue weighted by Gasteiger charge is 2.58. The summed E-state index contributed by atoms with van der Waals surface area (Å²) in [5, 5.41) is 0. The van der Waals surface area contributed by atoms with Gasteiger partial charge in [-0.2, -0.15) is 0 Å². The maximum absolute atomic E-state index is 11.4. The van der Waals surface area contributed by atoms with Crippen LogP contribution in [0.3, 0.4) is 0 Å². The summed E-state index contributed by atoms with van der Waals surface area (Å²) >= 11 is 0. The van der Waals surface area contributed by atoms with Gasteiger partial charge in [-0.05, 0) is 105 Å². The number of Topliss-reactive ketones (excluding diaryl/α,β-unsaturated/α-hetero) is 1. The number of rotatable bonds is 8. The third kappa shape index (κ3) is 4.57. The van der Waals surface area contributed by atoms with Crippen molar-refractivity contribution in [1.82, 2.24) is 0 Å². The molecule has 4 aliphatic carbocycles. The van der Waals surface area contributed by atoms with E-state index in [0.717, 1.165) is 42.4 Å². The second-order valence-electron chi connectivity index (χ2n) is 12.6. The Hall–Kier alpha value is -0.630. The Morgan fingerprint density at radius 1 is 1.10 bits per heavy atom. The minimum atomic E-state index is 0.151. The van der Waals surface area contributed by atoms with Crippen LogP contribution >= 0.6 is 0 Å². The summed E-state index contributed by atoms with van der Waals surface area (Å²) in [7, 11) is 0. The monoisotopic (exact) mass is 428 g/mol. The zero-order valence-corrected chi connectivity index (χ0v) is 21.1. The first-order valence-electron chi connectivity index (χ1n) is 13.5. The van der Waals surface area contributed by atoms with E-state index in [4.69, 9.17) is 4.74 Å². The van der Waals surface area contributed by atoms with Crippen LogP contribution in [-0.4, -0.2) is 18.5 Å². The maximum atomic E-state index is 11.4. The first kappa shape index (κ1) is 23.5. The molecule has 2 nitrogen and oxygen atoms in total. The van der Waals surface area contributed by atoms with Crippen molar-refractivity contribution < 1.29 is 9.53 Å². The molecule has 3 fully saturated rings. The number of unbranched alkanes of at least 4 members (excludes halogenated alkanes) is 1. The average molecular weight is 429 g/mol. The van der Waals surface area contributed by atoms with Crippen LogP contribution in [0.1, 0.15) is 112 Å². The highest BCUT2D eigenvalue weighted by atomic mass is 16.5. The summed E-state index contributed by atoms with van der Waals surface area (Å²) in [6, 6.07) is 0. The van der Waals surface area contributed by atoms with Gasteiger partial charge < -0.3 is 4.74 Å². The van der Waals surface area contributed by atoms with E-state index in [2.05, 4.69) is 33.8 Å². The van der Waals surface area contributed by atoms with E-state index in [1.807, 2.05) is 0 Å². The first-order valence-corrected chi connectivity index (χ1v) is 13.5. The van der Waals surface area contributed by atoms with Crippen LogP contribution in [0.5, 0.6) is 0 Å². The van der Waals surface area contributed by atoms with E-state index >= 15 is 0 Å². The summed E-state index contributed by atoms with van der Waals surface area (Å²) in [6.45, 7) is 11.9. The van der Waals surface area contributed by atoms with Gasteiger partial charge in [0.25, 0.3) is 0 Å². The van der Waals surface area contributed by atoms with E-state index < -0.39 is 0 Å². The molecule has 0 heterocycles. The fourth-order valence-electron chi connectivity index (χ4n) is 8.53. The quantitative estimate of drug-likeness (QED) is 0.292. The molecule has 0 amide bonds. The number of ether oxygens (including phenoxy) is 1. The summed E-state index contributed by atoms with van der Waals surface area (Å²) in [6.07, 6.45) is 19.3. The van der Waals surface area contributed by atoms with Crippen molar-refractivity contribution in [3.8, 4) is 0 Å². The van der Waals surface area contributed by atoms with Crippen molar-refractivity contribution in [2.75, 3.05) is 6.61 Å². The van der Waals surface area contributed by atoms with Crippen molar-refractivity contribution in [3.05, 3.63) is 11.6 Å². The zero-order chi connectivity index (χ0) is 22.2. The molecule has 0 radical (unpaired) electrons. The lowest BCUT2D eigenvalue weighted by molar-refractivity contribution is -0.124. The summed E-state index contributed by atoms with van der Waals surface area (Å²) in [5.41, 5.74) is 2.65. The largest absolute Gasteiger partial charge is 0.370 e. The molecule has 3 saturated carbocycles. The van der Waals surface area contributed by atoms with Gasteiger partial charge in [0.15, 0.2) is 5.78 Å². The predicted molar refractivity (Wildman–Crippen MR) is 129 cm³/mol. The van der Waals surface area contributed by atoms with Crippen molar-refractivity contribution in [2.45, 2.75) is 118 Å². The molecular formula is C29H48O2. The lowest BCUT2D eigenvalue weighted by atomic mass is 9.47. The van der Waals surface area contributed by atoms with Gasteiger partial charge in [-0.25, -0.2) is 0 Å². The van der Waals surface area contributed by atoms with Crippen LogP contribution in [0.4, 0.5) is 0 Å². The van der Waals surface area contributed by atoms with Crippen molar-refractivity contribution in [1.29, 1.82) is 0 Å². The normalized spacial score (nSPS) is 42.0. The van der Waals surface area contributed by atoms with Gasteiger partial charge in [-0.1, -0.05) is 58.6 Å². The molecule has 0 aliphatic heterocycles. The summed E-state index contributed by atoms with van der Waals surface area (Å²) < 4.78 is 5.94. The first-order chi connectivity index (χ1) is 14.7. The Morgan fingerprint density at radius 3 is 2.65 bits per heavy atom. The number of ketones is 1. The minimum absolute atomic E-state index is 0.151. The molecule has 0 bridgehead atoms. The highest BCUT2D eigenvalue weighted by Crippen LogP contribution is 2.66. The molecule has 31 heavy (non-hydrogen) atoms. The molecule has 2 heteroatoms. The molecule has 3 unspecified atom stereocenters. The van der Waals surface area contributed by atoms with E-state index in [-0.39, 0.29) is 11.9 Å². The molecule has 0 aromatic carbocycles. The second kappa shape index (κ2) is 9.32. The van der Waals surface area contributed by atoms with Crippen LogP contribution in [0.15, 0.2) is 11.6 Å². The van der Waals surface area contributed by atoms with Crippen LogP contribution in [0, 0.1) is 40.4 Å². The Bertz CT molecular complexity index is 678. The Labute approximate surface area is 192 Å². The number of fused-ring (bicyclic) bond motifs is 5. The molecule has 0 aromatic heterocycles. The Balaban J connectivity index is 1.41. The summed E-state index contributed by atoms with van der Waals surface area (Å²) in [4.78, 5) is 11.4. The third-order valence-corrected chi connectivity index (χ3v) is 10.4. The van der Waals surface area contributed by atoms with Crippen LogP contribution in [-0.2, 0) is 9.53 Å². The minimum Gasteiger partial charge on any atom is -0.370 e. The standard InChI is InChI=1S/C29H48O2/c1-20(2)8-6-7-9-22-11-13-26-25-12-10-23-18-24(31-19-21(3)30)14-16-29(23,5)27(25)15-17-28(22,26)4/h10,20,22,24-27H,6-9,11-19H2,1-5H3/t22-,24-,25?,26?,27?,28+,29-/m0/s1. The molecule has 0 spiro atoms. The molecule has 0 aromatic rings. The Morgan fingerprint density at radius 2 is 1.90 bits per heavy atom.